The first-order valence-electron chi connectivity index (χ1n) is 3.78. The minimum absolute atomic E-state index is 0.359. The molecule has 6 heteroatoms. The van der Waals surface area contributed by atoms with Crippen molar-refractivity contribution in [3.8, 4) is 0 Å². The SMILES string of the molecule is O=S(=O)(O)C(CO)c1ccc(Br)cc1. The van der Waals surface area contributed by atoms with Crippen molar-refractivity contribution in [1.29, 1.82) is 0 Å². The smallest absolute Gasteiger partial charge is 0.274 e. The summed E-state index contributed by atoms with van der Waals surface area (Å²) in [5.74, 6) is 0. The van der Waals surface area contributed by atoms with Crippen LogP contribution in [0.2, 0.25) is 0 Å². The highest BCUT2D eigenvalue weighted by molar-refractivity contribution is 9.10. The van der Waals surface area contributed by atoms with E-state index in [2.05, 4.69) is 15.9 Å². The maximum atomic E-state index is 10.8. The maximum absolute atomic E-state index is 10.8. The summed E-state index contributed by atoms with van der Waals surface area (Å²) in [6, 6.07) is 6.34. The molecule has 0 bridgehead atoms. The standard InChI is InChI=1S/C8H9BrO4S/c9-7-3-1-6(2-4-7)8(5-10)14(11,12)13/h1-4,8,10H,5H2,(H,11,12,13). The van der Waals surface area contributed by atoms with Gasteiger partial charge < -0.3 is 5.11 Å². The van der Waals surface area contributed by atoms with Crippen LogP contribution in [0.15, 0.2) is 28.7 Å². The molecule has 0 aliphatic rings. The second kappa shape index (κ2) is 4.39. The van der Waals surface area contributed by atoms with Gasteiger partial charge in [-0.2, -0.15) is 8.42 Å². The van der Waals surface area contributed by atoms with Crippen LogP contribution in [0, 0.1) is 0 Å². The topological polar surface area (TPSA) is 74.6 Å². The van der Waals surface area contributed by atoms with E-state index < -0.39 is 22.0 Å². The van der Waals surface area contributed by atoms with Crippen LogP contribution < -0.4 is 0 Å². The van der Waals surface area contributed by atoms with Crippen molar-refractivity contribution in [3.05, 3.63) is 34.3 Å². The van der Waals surface area contributed by atoms with Gasteiger partial charge in [0.25, 0.3) is 10.1 Å². The molecule has 78 valence electrons. The van der Waals surface area contributed by atoms with E-state index >= 15 is 0 Å². The molecule has 0 aliphatic carbocycles. The zero-order valence-corrected chi connectivity index (χ0v) is 9.49. The first-order chi connectivity index (χ1) is 6.45. The number of aliphatic hydroxyl groups excluding tert-OH is 1. The van der Waals surface area contributed by atoms with Gasteiger partial charge in [-0.3, -0.25) is 4.55 Å². The van der Waals surface area contributed by atoms with Gasteiger partial charge >= 0.3 is 0 Å². The van der Waals surface area contributed by atoms with Gasteiger partial charge in [-0.05, 0) is 17.7 Å². The number of rotatable bonds is 3. The van der Waals surface area contributed by atoms with Crippen LogP contribution in [-0.2, 0) is 10.1 Å². The summed E-state index contributed by atoms with van der Waals surface area (Å²) in [6.45, 7) is -0.638. The molecule has 0 saturated heterocycles. The summed E-state index contributed by atoms with van der Waals surface area (Å²) in [7, 11) is -4.25. The van der Waals surface area contributed by atoms with Gasteiger partial charge in [0.2, 0.25) is 0 Å². The van der Waals surface area contributed by atoms with E-state index in [0.717, 1.165) is 4.47 Å². The quantitative estimate of drug-likeness (QED) is 0.821. The Bertz CT molecular complexity index is 398. The average Bonchev–Trinajstić information content (AvgIpc) is 2.07. The highest BCUT2D eigenvalue weighted by Crippen LogP contribution is 2.22. The molecule has 0 amide bonds. The molecule has 0 radical (unpaired) electrons. The molecule has 1 aromatic carbocycles. The predicted octanol–water partition coefficient (Wildman–Crippen LogP) is 1.37. The van der Waals surface area contributed by atoms with E-state index in [9.17, 15) is 8.42 Å². The Balaban J connectivity index is 3.08. The van der Waals surface area contributed by atoms with E-state index in [-0.39, 0.29) is 0 Å². The Kier molecular flexibility index (Phi) is 3.65. The lowest BCUT2D eigenvalue weighted by Gasteiger charge is -2.10. The largest absolute Gasteiger partial charge is 0.395 e. The fraction of sp³-hybridized carbons (Fsp3) is 0.250. The molecule has 4 nitrogen and oxygen atoms in total. The number of hydrogen-bond acceptors (Lipinski definition) is 3. The van der Waals surface area contributed by atoms with Crippen molar-refractivity contribution < 1.29 is 18.1 Å². The number of hydrogen-bond donors (Lipinski definition) is 2. The van der Waals surface area contributed by atoms with Gasteiger partial charge in [-0.25, -0.2) is 0 Å². The molecule has 0 aliphatic heterocycles. The third-order valence-corrected chi connectivity index (χ3v) is 3.44. The lowest BCUT2D eigenvalue weighted by molar-refractivity contribution is 0.285. The molecule has 2 N–H and O–H groups in total. The van der Waals surface area contributed by atoms with Gasteiger partial charge in [0, 0.05) is 4.47 Å². The minimum Gasteiger partial charge on any atom is -0.395 e. The molecule has 0 spiro atoms. The lowest BCUT2D eigenvalue weighted by Crippen LogP contribution is -2.15. The van der Waals surface area contributed by atoms with Crippen LogP contribution in [0.5, 0.6) is 0 Å². The fourth-order valence-corrected chi connectivity index (χ4v) is 2.00. The van der Waals surface area contributed by atoms with Crippen molar-refractivity contribution in [2.24, 2.45) is 0 Å². The molecule has 14 heavy (non-hydrogen) atoms. The summed E-state index contributed by atoms with van der Waals surface area (Å²) in [5.41, 5.74) is 0.359. The lowest BCUT2D eigenvalue weighted by atomic mass is 10.2. The van der Waals surface area contributed by atoms with Crippen LogP contribution >= 0.6 is 15.9 Å². The molecule has 0 saturated carbocycles. The number of halogens is 1. The van der Waals surface area contributed by atoms with Crippen molar-refractivity contribution in [3.63, 3.8) is 0 Å². The molecular formula is C8H9BrO4S. The van der Waals surface area contributed by atoms with Crippen LogP contribution in [-0.4, -0.2) is 24.7 Å². The summed E-state index contributed by atoms with van der Waals surface area (Å²) < 4.78 is 31.3. The molecule has 1 aromatic rings. The average molecular weight is 281 g/mol. The highest BCUT2D eigenvalue weighted by atomic mass is 79.9. The second-order valence-electron chi connectivity index (χ2n) is 2.74. The summed E-state index contributed by atoms with van der Waals surface area (Å²) in [6.07, 6.45) is 0. The third kappa shape index (κ3) is 2.78. The van der Waals surface area contributed by atoms with Crippen molar-refractivity contribution in [2.45, 2.75) is 5.25 Å². The first kappa shape index (κ1) is 11.6. The van der Waals surface area contributed by atoms with Crippen LogP contribution in [0.4, 0.5) is 0 Å². The van der Waals surface area contributed by atoms with E-state index in [4.69, 9.17) is 9.66 Å². The Morgan fingerprint density at radius 1 is 1.29 bits per heavy atom. The number of benzene rings is 1. The second-order valence-corrected chi connectivity index (χ2v) is 5.25. The van der Waals surface area contributed by atoms with Crippen LogP contribution in [0.1, 0.15) is 10.8 Å². The summed E-state index contributed by atoms with van der Waals surface area (Å²) >= 11 is 3.19. The summed E-state index contributed by atoms with van der Waals surface area (Å²) in [5, 5.41) is 7.57. The normalized spacial score (nSPS) is 13.9. The Morgan fingerprint density at radius 3 is 2.14 bits per heavy atom. The van der Waals surface area contributed by atoms with Gasteiger partial charge in [0.05, 0.1) is 6.61 Å². The molecule has 0 fully saturated rings. The Labute approximate surface area is 90.5 Å². The maximum Gasteiger partial charge on any atom is 0.274 e. The first-order valence-corrected chi connectivity index (χ1v) is 6.07. The number of aliphatic hydroxyl groups is 1. The van der Waals surface area contributed by atoms with Gasteiger partial charge in [0.15, 0.2) is 0 Å². The van der Waals surface area contributed by atoms with Crippen molar-refractivity contribution in [2.75, 3.05) is 6.61 Å². The molecule has 0 aromatic heterocycles. The Hall–Kier alpha value is -0.430. The zero-order valence-electron chi connectivity index (χ0n) is 7.09. The third-order valence-electron chi connectivity index (χ3n) is 1.77. The molecule has 1 rings (SSSR count). The van der Waals surface area contributed by atoms with Gasteiger partial charge in [-0.1, -0.05) is 28.1 Å². The highest BCUT2D eigenvalue weighted by Gasteiger charge is 2.23. The molecule has 1 unspecified atom stereocenters. The summed E-state index contributed by atoms with van der Waals surface area (Å²) in [4.78, 5) is 0. The van der Waals surface area contributed by atoms with Gasteiger partial charge in [-0.15, -0.1) is 0 Å². The van der Waals surface area contributed by atoms with Crippen molar-refractivity contribution in [1.82, 2.24) is 0 Å². The van der Waals surface area contributed by atoms with Crippen molar-refractivity contribution >= 4 is 26.0 Å². The minimum atomic E-state index is -4.25. The molecule has 1 atom stereocenters. The Morgan fingerprint density at radius 2 is 1.79 bits per heavy atom. The zero-order chi connectivity index (χ0) is 10.8. The predicted molar refractivity (Wildman–Crippen MR) is 55.5 cm³/mol. The molecular weight excluding hydrogens is 272 g/mol. The molecule has 0 heterocycles. The van der Waals surface area contributed by atoms with E-state index in [0.29, 0.717) is 5.56 Å². The van der Waals surface area contributed by atoms with Crippen LogP contribution in [0.25, 0.3) is 0 Å². The van der Waals surface area contributed by atoms with E-state index in [1.54, 1.807) is 12.1 Å². The fourth-order valence-electron chi connectivity index (χ4n) is 1.05. The van der Waals surface area contributed by atoms with Gasteiger partial charge in [0.1, 0.15) is 5.25 Å². The van der Waals surface area contributed by atoms with E-state index in [1.807, 2.05) is 0 Å². The van der Waals surface area contributed by atoms with E-state index in [1.165, 1.54) is 12.1 Å². The van der Waals surface area contributed by atoms with Crippen LogP contribution in [0.3, 0.4) is 0 Å². The monoisotopic (exact) mass is 280 g/mol.